The zero-order valence-corrected chi connectivity index (χ0v) is 9.53. The molecule has 0 saturated carbocycles. The van der Waals surface area contributed by atoms with Crippen LogP contribution in [0.3, 0.4) is 0 Å². The maximum Gasteiger partial charge on any atom is 0.117 e. The van der Waals surface area contributed by atoms with Gasteiger partial charge in [0, 0.05) is 10.2 Å². The molecule has 0 heterocycles. The van der Waals surface area contributed by atoms with Crippen LogP contribution in [0.1, 0.15) is 0 Å². The maximum absolute atomic E-state index is 9.46. The summed E-state index contributed by atoms with van der Waals surface area (Å²) in [5.74, 6) is 0.238. The van der Waals surface area contributed by atoms with E-state index in [9.17, 15) is 5.11 Å². The number of aromatic hydroxyl groups is 1. The standard InChI is InChI=1S/C12H10BrNO/c13-10-4-9(6-12(15)7-10)8-2-1-3-11(14)5-8/h1-7,15H,14H2. The van der Waals surface area contributed by atoms with E-state index in [-0.39, 0.29) is 5.75 Å². The Kier molecular flexibility index (Phi) is 2.64. The van der Waals surface area contributed by atoms with Gasteiger partial charge in [0.1, 0.15) is 5.75 Å². The Bertz CT molecular complexity index is 476. The van der Waals surface area contributed by atoms with Gasteiger partial charge in [-0.15, -0.1) is 0 Å². The van der Waals surface area contributed by atoms with Gasteiger partial charge in [-0.1, -0.05) is 28.1 Å². The third kappa shape index (κ3) is 2.30. The van der Waals surface area contributed by atoms with E-state index in [4.69, 9.17) is 5.73 Å². The number of hydrogen-bond acceptors (Lipinski definition) is 2. The Morgan fingerprint density at radius 2 is 1.80 bits per heavy atom. The number of hydrogen-bond donors (Lipinski definition) is 2. The Balaban J connectivity index is 2.54. The van der Waals surface area contributed by atoms with Gasteiger partial charge in [0.2, 0.25) is 0 Å². The summed E-state index contributed by atoms with van der Waals surface area (Å²) in [6.07, 6.45) is 0. The fourth-order valence-electron chi connectivity index (χ4n) is 1.46. The number of nitrogen functional groups attached to an aromatic ring is 1. The molecule has 2 aromatic rings. The van der Waals surface area contributed by atoms with Gasteiger partial charge in [0.05, 0.1) is 0 Å². The predicted octanol–water partition coefficient (Wildman–Crippen LogP) is 3.40. The molecule has 0 saturated heterocycles. The summed E-state index contributed by atoms with van der Waals surface area (Å²) < 4.78 is 0.847. The van der Waals surface area contributed by atoms with Gasteiger partial charge in [-0.25, -0.2) is 0 Å². The molecule has 2 aromatic carbocycles. The number of anilines is 1. The summed E-state index contributed by atoms with van der Waals surface area (Å²) in [5.41, 5.74) is 8.34. The van der Waals surface area contributed by atoms with E-state index in [1.54, 1.807) is 12.1 Å². The predicted molar refractivity (Wildman–Crippen MR) is 65.7 cm³/mol. The summed E-state index contributed by atoms with van der Waals surface area (Å²) in [6.45, 7) is 0. The Hall–Kier alpha value is -1.48. The molecule has 0 aliphatic heterocycles. The second kappa shape index (κ2) is 3.95. The average Bonchev–Trinajstić information content (AvgIpc) is 2.16. The topological polar surface area (TPSA) is 46.2 Å². The lowest BCUT2D eigenvalue weighted by Gasteiger charge is -2.04. The summed E-state index contributed by atoms with van der Waals surface area (Å²) in [5, 5.41) is 9.46. The molecule has 2 nitrogen and oxygen atoms in total. The molecule has 3 heteroatoms. The van der Waals surface area contributed by atoms with Crippen LogP contribution in [0.4, 0.5) is 5.69 Å². The van der Waals surface area contributed by atoms with Crippen LogP contribution in [-0.4, -0.2) is 5.11 Å². The number of halogens is 1. The summed E-state index contributed by atoms with van der Waals surface area (Å²) in [6, 6.07) is 12.9. The number of rotatable bonds is 1. The lowest BCUT2D eigenvalue weighted by Crippen LogP contribution is -1.85. The molecule has 0 bridgehead atoms. The minimum Gasteiger partial charge on any atom is -0.508 e. The van der Waals surface area contributed by atoms with Crippen molar-refractivity contribution >= 4 is 21.6 Å². The van der Waals surface area contributed by atoms with E-state index in [0.717, 1.165) is 15.6 Å². The van der Waals surface area contributed by atoms with Crippen LogP contribution in [0.25, 0.3) is 11.1 Å². The van der Waals surface area contributed by atoms with Crippen LogP contribution in [0.2, 0.25) is 0 Å². The molecule has 3 N–H and O–H groups in total. The van der Waals surface area contributed by atoms with Crippen molar-refractivity contribution in [3.63, 3.8) is 0 Å². The maximum atomic E-state index is 9.46. The lowest BCUT2D eigenvalue weighted by atomic mass is 10.1. The smallest absolute Gasteiger partial charge is 0.117 e. The number of phenolic OH excluding ortho intramolecular Hbond substituents is 1. The zero-order chi connectivity index (χ0) is 10.8. The summed E-state index contributed by atoms with van der Waals surface area (Å²) in [4.78, 5) is 0. The van der Waals surface area contributed by atoms with Crippen molar-refractivity contribution in [1.82, 2.24) is 0 Å². The van der Waals surface area contributed by atoms with Gasteiger partial charge in [-0.2, -0.15) is 0 Å². The third-order valence-corrected chi connectivity index (χ3v) is 2.56. The minimum absolute atomic E-state index is 0.238. The minimum atomic E-state index is 0.238. The fourth-order valence-corrected chi connectivity index (χ4v) is 1.94. The van der Waals surface area contributed by atoms with Gasteiger partial charge in [-0.3, -0.25) is 0 Å². The monoisotopic (exact) mass is 263 g/mol. The van der Waals surface area contributed by atoms with Crippen molar-refractivity contribution in [3.05, 3.63) is 46.9 Å². The van der Waals surface area contributed by atoms with Gasteiger partial charge in [0.15, 0.2) is 0 Å². The normalized spacial score (nSPS) is 10.2. The Labute approximate surface area is 96.5 Å². The van der Waals surface area contributed by atoms with Crippen LogP contribution in [0.15, 0.2) is 46.9 Å². The highest BCUT2D eigenvalue weighted by Gasteiger charge is 2.01. The second-order valence-corrected chi connectivity index (χ2v) is 4.24. The molecule has 15 heavy (non-hydrogen) atoms. The van der Waals surface area contributed by atoms with Crippen molar-refractivity contribution in [2.75, 3.05) is 5.73 Å². The molecule has 2 rings (SSSR count). The molecular formula is C12H10BrNO. The molecule has 0 fully saturated rings. The van der Waals surface area contributed by atoms with Crippen molar-refractivity contribution in [1.29, 1.82) is 0 Å². The van der Waals surface area contributed by atoms with Crippen LogP contribution in [-0.2, 0) is 0 Å². The van der Waals surface area contributed by atoms with Crippen molar-refractivity contribution in [2.45, 2.75) is 0 Å². The molecule has 0 amide bonds. The van der Waals surface area contributed by atoms with Crippen LogP contribution >= 0.6 is 15.9 Å². The van der Waals surface area contributed by atoms with E-state index < -0.39 is 0 Å². The molecule has 0 atom stereocenters. The molecular weight excluding hydrogens is 254 g/mol. The van der Waals surface area contributed by atoms with E-state index in [2.05, 4.69) is 15.9 Å². The van der Waals surface area contributed by atoms with Crippen LogP contribution < -0.4 is 5.73 Å². The quantitative estimate of drug-likeness (QED) is 0.775. The van der Waals surface area contributed by atoms with Crippen LogP contribution in [0, 0.1) is 0 Å². The second-order valence-electron chi connectivity index (χ2n) is 3.32. The van der Waals surface area contributed by atoms with Gasteiger partial charge >= 0.3 is 0 Å². The molecule has 0 radical (unpaired) electrons. The first-order valence-corrected chi connectivity index (χ1v) is 5.30. The number of phenols is 1. The number of benzene rings is 2. The summed E-state index contributed by atoms with van der Waals surface area (Å²) >= 11 is 3.34. The molecule has 0 aliphatic carbocycles. The van der Waals surface area contributed by atoms with E-state index in [1.807, 2.05) is 30.3 Å². The average molecular weight is 264 g/mol. The molecule has 76 valence electrons. The lowest BCUT2D eigenvalue weighted by molar-refractivity contribution is 0.475. The highest BCUT2D eigenvalue weighted by atomic mass is 79.9. The van der Waals surface area contributed by atoms with Gasteiger partial charge < -0.3 is 10.8 Å². The van der Waals surface area contributed by atoms with Gasteiger partial charge in [0.25, 0.3) is 0 Å². The fraction of sp³-hybridized carbons (Fsp3) is 0. The molecule has 0 aliphatic rings. The largest absolute Gasteiger partial charge is 0.508 e. The first-order chi connectivity index (χ1) is 7.15. The van der Waals surface area contributed by atoms with Crippen molar-refractivity contribution in [2.24, 2.45) is 0 Å². The Morgan fingerprint density at radius 3 is 2.47 bits per heavy atom. The Morgan fingerprint density at radius 1 is 1.00 bits per heavy atom. The SMILES string of the molecule is Nc1cccc(-c2cc(O)cc(Br)c2)c1. The first kappa shape index (κ1) is 10.1. The highest BCUT2D eigenvalue weighted by molar-refractivity contribution is 9.10. The van der Waals surface area contributed by atoms with E-state index >= 15 is 0 Å². The van der Waals surface area contributed by atoms with E-state index in [1.165, 1.54) is 0 Å². The van der Waals surface area contributed by atoms with Crippen LogP contribution in [0.5, 0.6) is 5.75 Å². The molecule has 0 unspecified atom stereocenters. The van der Waals surface area contributed by atoms with E-state index in [0.29, 0.717) is 5.69 Å². The molecule has 0 spiro atoms. The third-order valence-electron chi connectivity index (χ3n) is 2.10. The van der Waals surface area contributed by atoms with Gasteiger partial charge in [-0.05, 0) is 41.5 Å². The molecule has 0 aromatic heterocycles. The zero-order valence-electron chi connectivity index (χ0n) is 7.94. The summed E-state index contributed by atoms with van der Waals surface area (Å²) in [7, 11) is 0. The highest BCUT2D eigenvalue weighted by Crippen LogP contribution is 2.28. The first-order valence-electron chi connectivity index (χ1n) is 4.50. The number of nitrogens with two attached hydrogens (primary N) is 1. The van der Waals surface area contributed by atoms with Crippen molar-refractivity contribution < 1.29 is 5.11 Å². The van der Waals surface area contributed by atoms with Crippen molar-refractivity contribution in [3.8, 4) is 16.9 Å².